The van der Waals surface area contributed by atoms with Crippen LogP contribution in [0, 0.1) is 13.8 Å². The zero-order chi connectivity index (χ0) is 12.1. The van der Waals surface area contributed by atoms with Crippen molar-refractivity contribution in [1.29, 1.82) is 0 Å². The molecule has 1 unspecified atom stereocenters. The van der Waals surface area contributed by atoms with E-state index in [-0.39, 0.29) is 6.10 Å². The molecule has 1 atom stereocenters. The Labute approximate surface area is 97.7 Å². The Hall–Kier alpha value is -0.870. The third-order valence-electron chi connectivity index (χ3n) is 2.94. The Morgan fingerprint density at radius 1 is 1.44 bits per heavy atom. The summed E-state index contributed by atoms with van der Waals surface area (Å²) in [6.07, 6.45) is 1.68. The Morgan fingerprint density at radius 3 is 2.62 bits per heavy atom. The van der Waals surface area contributed by atoms with E-state index in [1.54, 1.807) is 0 Å². The van der Waals surface area contributed by atoms with Gasteiger partial charge in [-0.25, -0.2) is 0 Å². The molecule has 0 fully saturated rings. The highest BCUT2D eigenvalue weighted by Crippen LogP contribution is 2.11. The molecule has 0 saturated heterocycles. The van der Waals surface area contributed by atoms with Crippen LogP contribution < -0.4 is 5.32 Å². The van der Waals surface area contributed by atoms with Gasteiger partial charge in [0.2, 0.25) is 0 Å². The Morgan fingerprint density at radius 2 is 2.12 bits per heavy atom. The fourth-order valence-corrected chi connectivity index (χ4v) is 1.81. The van der Waals surface area contributed by atoms with E-state index in [0.717, 1.165) is 31.6 Å². The maximum Gasteiger partial charge on any atom is 0.0641 e. The summed E-state index contributed by atoms with van der Waals surface area (Å²) >= 11 is 0. The van der Waals surface area contributed by atoms with Crippen LogP contribution in [0.1, 0.15) is 36.7 Å². The maximum absolute atomic E-state index is 9.12. The highest BCUT2D eigenvalue weighted by atomic mass is 16.3. The van der Waals surface area contributed by atoms with Gasteiger partial charge < -0.3 is 10.4 Å². The summed E-state index contributed by atoms with van der Waals surface area (Å²) in [6.45, 7) is 7.77. The molecule has 1 rings (SSSR count). The van der Waals surface area contributed by atoms with Crippen molar-refractivity contribution in [3.05, 3.63) is 17.0 Å². The normalized spacial score (nSPS) is 13.1. The van der Waals surface area contributed by atoms with E-state index in [1.165, 1.54) is 11.3 Å². The minimum absolute atomic E-state index is 0.191. The van der Waals surface area contributed by atoms with Crippen molar-refractivity contribution in [3.8, 4) is 0 Å². The van der Waals surface area contributed by atoms with Crippen LogP contribution in [-0.4, -0.2) is 27.5 Å². The van der Waals surface area contributed by atoms with Gasteiger partial charge in [-0.3, -0.25) is 4.68 Å². The zero-order valence-corrected chi connectivity index (χ0v) is 10.7. The average Bonchev–Trinajstić information content (AvgIpc) is 2.43. The topological polar surface area (TPSA) is 50.1 Å². The predicted molar refractivity (Wildman–Crippen MR) is 65.3 cm³/mol. The maximum atomic E-state index is 9.12. The van der Waals surface area contributed by atoms with Crippen LogP contribution in [0.2, 0.25) is 0 Å². The summed E-state index contributed by atoms with van der Waals surface area (Å²) < 4.78 is 1.92. The number of nitrogens with zero attached hydrogens (tertiary/aromatic N) is 2. The lowest BCUT2D eigenvalue weighted by atomic mass is 10.2. The Kier molecular flexibility index (Phi) is 4.96. The van der Waals surface area contributed by atoms with Crippen LogP contribution >= 0.6 is 0 Å². The average molecular weight is 225 g/mol. The van der Waals surface area contributed by atoms with Crippen LogP contribution in [0.5, 0.6) is 0 Å². The van der Waals surface area contributed by atoms with Crippen molar-refractivity contribution in [2.45, 2.75) is 46.3 Å². The van der Waals surface area contributed by atoms with Crippen LogP contribution in [0.15, 0.2) is 0 Å². The van der Waals surface area contributed by atoms with Crippen molar-refractivity contribution in [3.63, 3.8) is 0 Å². The molecule has 1 heterocycles. The first-order chi connectivity index (χ1) is 7.52. The second kappa shape index (κ2) is 6.01. The summed E-state index contributed by atoms with van der Waals surface area (Å²) in [4.78, 5) is 0. The van der Waals surface area contributed by atoms with Gasteiger partial charge in [-0.2, -0.15) is 5.10 Å². The number of aliphatic hydroxyl groups is 1. The van der Waals surface area contributed by atoms with Crippen molar-refractivity contribution < 1.29 is 5.11 Å². The molecule has 2 N–H and O–H groups in total. The van der Waals surface area contributed by atoms with Gasteiger partial charge in [0.15, 0.2) is 0 Å². The third-order valence-corrected chi connectivity index (χ3v) is 2.94. The standard InChI is InChI=1S/C12H23N3O/c1-9(16)6-5-7-13-8-12-10(2)14-15(4)11(12)3/h9,13,16H,5-8H2,1-4H3. The molecule has 0 aromatic carbocycles. The summed E-state index contributed by atoms with van der Waals surface area (Å²) in [5.41, 5.74) is 3.61. The lowest BCUT2D eigenvalue weighted by molar-refractivity contribution is 0.181. The second-order valence-corrected chi connectivity index (χ2v) is 4.44. The van der Waals surface area contributed by atoms with E-state index < -0.39 is 0 Å². The van der Waals surface area contributed by atoms with Gasteiger partial charge in [0.05, 0.1) is 11.8 Å². The summed E-state index contributed by atoms with van der Waals surface area (Å²) in [5, 5.41) is 16.9. The van der Waals surface area contributed by atoms with Gasteiger partial charge in [-0.05, 0) is 40.2 Å². The number of hydrogen-bond acceptors (Lipinski definition) is 3. The van der Waals surface area contributed by atoms with E-state index >= 15 is 0 Å². The van der Waals surface area contributed by atoms with Crippen molar-refractivity contribution in [2.24, 2.45) is 7.05 Å². The molecule has 0 saturated carbocycles. The van der Waals surface area contributed by atoms with Crippen LogP contribution in [0.4, 0.5) is 0 Å². The number of nitrogens with one attached hydrogen (secondary N) is 1. The van der Waals surface area contributed by atoms with E-state index in [4.69, 9.17) is 5.11 Å². The van der Waals surface area contributed by atoms with Crippen molar-refractivity contribution >= 4 is 0 Å². The highest BCUT2D eigenvalue weighted by Gasteiger charge is 2.08. The Bertz CT molecular complexity index is 331. The predicted octanol–water partition coefficient (Wildman–Crippen LogP) is 1.29. The van der Waals surface area contributed by atoms with E-state index in [1.807, 2.05) is 25.6 Å². The fraction of sp³-hybridized carbons (Fsp3) is 0.750. The van der Waals surface area contributed by atoms with Gasteiger partial charge in [0.1, 0.15) is 0 Å². The summed E-state index contributed by atoms with van der Waals surface area (Å²) in [5.74, 6) is 0. The first kappa shape index (κ1) is 13.2. The molecule has 4 nitrogen and oxygen atoms in total. The van der Waals surface area contributed by atoms with Gasteiger partial charge >= 0.3 is 0 Å². The van der Waals surface area contributed by atoms with E-state index in [0.29, 0.717) is 0 Å². The molecule has 0 amide bonds. The highest BCUT2D eigenvalue weighted by molar-refractivity contribution is 5.23. The number of aryl methyl sites for hydroxylation is 2. The van der Waals surface area contributed by atoms with Crippen LogP contribution in [-0.2, 0) is 13.6 Å². The molecular weight excluding hydrogens is 202 g/mol. The third kappa shape index (κ3) is 3.61. The minimum Gasteiger partial charge on any atom is -0.393 e. The zero-order valence-electron chi connectivity index (χ0n) is 10.7. The largest absolute Gasteiger partial charge is 0.393 e. The summed E-state index contributed by atoms with van der Waals surface area (Å²) in [6, 6.07) is 0. The lowest BCUT2D eigenvalue weighted by Gasteiger charge is -2.06. The number of hydrogen-bond donors (Lipinski definition) is 2. The molecular formula is C12H23N3O. The molecule has 1 aromatic rings. The van der Waals surface area contributed by atoms with Crippen molar-refractivity contribution in [1.82, 2.24) is 15.1 Å². The summed E-state index contributed by atoms with van der Waals surface area (Å²) in [7, 11) is 1.97. The minimum atomic E-state index is -0.191. The smallest absolute Gasteiger partial charge is 0.0641 e. The Balaban J connectivity index is 2.32. The monoisotopic (exact) mass is 225 g/mol. The van der Waals surface area contributed by atoms with Crippen molar-refractivity contribution in [2.75, 3.05) is 6.54 Å². The second-order valence-electron chi connectivity index (χ2n) is 4.44. The SMILES string of the molecule is Cc1nn(C)c(C)c1CNCCCC(C)O. The molecule has 92 valence electrons. The quantitative estimate of drug-likeness (QED) is 0.717. The fourth-order valence-electron chi connectivity index (χ4n) is 1.81. The molecule has 1 aromatic heterocycles. The van der Waals surface area contributed by atoms with E-state index in [2.05, 4.69) is 17.3 Å². The molecule has 4 heteroatoms. The van der Waals surface area contributed by atoms with Gasteiger partial charge in [0.25, 0.3) is 0 Å². The number of aromatic nitrogens is 2. The van der Waals surface area contributed by atoms with Gasteiger partial charge in [0, 0.05) is 24.8 Å². The van der Waals surface area contributed by atoms with Crippen LogP contribution in [0.25, 0.3) is 0 Å². The molecule has 0 aliphatic rings. The first-order valence-corrected chi connectivity index (χ1v) is 5.90. The lowest BCUT2D eigenvalue weighted by Crippen LogP contribution is -2.17. The molecule has 0 bridgehead atoms. The molecule has 0 radical (unpaired) electrons. The van der Waals surface area contributed by atoms with Crippen LogP contribution in [0.3, 0.4) is 0 Å². The van der Waals surface area contributed by atoms with Gasteiger partial charge in [-0.1, -0.05) is 0 Å². The number of aliphatic hydroxyl groups excluding tert-OH is 1. The van der Waals surface area contributed by atoms with Gasteiger partial charge in [-0.15, -0.1) is 0 Å². The first-order valence-electron chi connectivity index (χ1n) is 5.90. The molecule has 0 aliphatic carbocycles. The number of rotatable bonds is 6. The molecule has 0 aliphatic heterocycles. The van der Waals surface area contributed by atoms with E-state index in [9.17, 15) is 0 Å². The molecule has 16 heavy (non-hydrogen) atoms. The molecule has 0 spiro atoms.